The minimum Gasteiger partial charge on any atom is -0.353 e. The van der Waals surface area contributed by atoms with Crippen molar-refractivity contribution in [3.63, 3.8) is 0 Å². The summed E-state index contributed by atoms with van der Waals surface area (Å²) >= 11 is 18.7. The van der Waals surface area contributed by atoms with Crippen LogP contribution in [-0.2, 0) is 4.79 Å². The Morgan fingerprint density at radius 2 is 1.54 bits per heavy atom. The highest BCUT2D eigenvalue weighted by Crippen LogP contribution is 2.51. The summed E-state index contributed by atoms with van der Waals surface area (Å²) in [6, 6.07) is 13.6. The molecule has 1 saturated heterocycles. The summed E-state index contributed by atoms with van der Waals surface area (Å²) in [6.45, 7) is 2.07. The molecule has 5 atom stereocenters. The Bertz CT molecular complexity index is 877. The van der Waals surface area contributed by atoms with Gasteiger partial charge in [-0.3, -0.25) is 4.79 Å². The third-order valence-corrected chi connectivity index (χ3v) is 6.38. The molecule has 0 bridgehead atoms. The number of amides is 1. The smallest absolute Gasteiger partial charge is 0.227 e. The van der Waals surface area contributed by atoms with Gasteiger partial charge in [0.25, 0.3) is 0 Å². The summed E-state index contributed by atoms with van der Waals surface area (Å²) in [7, 11) is 0. The molecule has 26 heavy (non-hydrogen) atoms. The number of rotatable bonds is 2. The van der Waals surface area contributed by atoms with E-state index in [-0.39, 0.29) is 35.6 Å². The van der Waals surface area contributed by atoms with Gasteiger partial charge in [-0.05, 0) is 42.3 Å². The molecule has 1 heterocycles. The molecule has 2 aliphatic rings. The molecule has 0 radical (unpaired) electrons. The number of hydrogen-bond donors (Lipinski definition) is 1. The fraction of sp³-hybridized carbons (Fsp3) is 0.286. The zero-order valence-corrected chi connectivity index (χ0v) is 16.4. The van der Waals surface area contributed by atoms with E-state index >= 15 is 0 Å². The molecule has 1 fully saturated rings. The number of benzene rings is 2. The number of allylic oxidation sites excluding steroid dienone is 1. The Balaban J connectivity index is 1.85. The molecule has 0 aromatic heterocycles. The van der Waals surface area contributed by atoms with Crippen LogP contribution in [0.4, 0.5) is 0 Å². The predicted molar refractivity (Wildman–Crippen MR) is 107 cm³/mol. The maximum Gasteiger partial charge on any atom is 0.227 e. The number of fused-ring (bicyclic) bond motifs is 1. The first-order valence-electron chi connectivity index (χ1n) is 8.65. The summed E-state index contributed by atoms with van der Waals surface area (Å²) in [5.74, 6) is 0.323. The van der Waals surface area contributed by atoms with E-state index < -0.39 is 0 Å². The van der Waals surface area contributed by atoms with Gasteiger partial charge in [0.2, 0.25) is 5.91 Å². The Kier molecular flexibility index (Phi) is 4.77. The zero-order valence-electron chi connectivity index (χ0n) is 14.1. The fourth-order valence-corrected chi connectivity index (χ4v) is 5.10. The van der Waals surface area contributed by atoms with Crippen LogP contribution in [0.15, 0.2) is 54.6 Å². The first kappa shape index (κ1) is 17.9. The summed E-state index contributed by atoms with van der Waals surface area (Å²) in [6.07, 6.45) is 4.15. The maximum absolute atomic E-state index is 12.4. The van der Waals surface area contributed by atoms with E-state index in [0.29, 0.717) is 15.1 Å². The SMILES string of the molecule is C[C@H]1NC(=O)[C@H]2C=C[C@@H](c3ccc(Cl)cc3Cl)[C@H](c3ccc(Cl)cc3)[C@@H]21. The van der Waals surface area contributed by atoms with Crippen LogP contribution in [0.25, 0.3) is 0 Å². The minimum absolute atomic E-state index is 0.0670. The first-order chi connectivity index (χ1) is 12.5. The van der Waals surface area contributed by atoms with Crippen LogP contribution in [0.5, 0.6) is 0 Å². The number of carbonyl (C=O) groups is 1. The average Bonchev–Trinajstić information content (AvgIpc) is 2.90. The van der Waals surface area contributed by atoms with Crippen molar-refractivity contribution in [3.8, 4) is 0 Å². The lowest BCUT2D eigenvalue weighted by Crippen LogP contribution is -2.33. The van der Waals surface area contributed by atoms with Gasteiger partial charge in [-0.15, -0.1) is 0 Å². The molecule has 1 N–H and O–H groups in total. The second kappa shape index (κ2) is 6.92. The lowest BCUT2D eigenvalue weighted by atomic mass is 9.65. The number of halogens is 3. The van der Waals surface area contributed by atoms with E-state index in [0.717, 1.165) is 11.1 Å². The van der Waals surface area contributed by atoms with E-state index in [1.54, 1.807) is 6.07 Å². The van der Waals surface area contributed by atoms with Gasteiger partial charge in [-0.2, -0.15) is 0 Å². The normalized spacial score (nSPS) is 30.2. The van der Waals surface area contributed by atoms with Crippen molar-refractivity contribution in [1.82, 2.24) is 5.32 Å². The molecule has 134 valence electrons. The van der Waals surface area contributed by atoms with E-state index in [2.05, 4.69) is 30.4 Å². The highest BCUT2D eigenvalue weighted by molar-refractivity contribution is 6.35. The van der Waals surface area contributed by atoms with Crippen molar-refractivity contribution in [3.05, 3.63) is 80.8 Å². The van der Waals surface area contributed by atoms with Crippen molar-refractivity contribution in [2.24, 2.45) is 11.8 Å². The summed E-state index contributed by atoms with van der Waals surface area (Å²) in [5.41, 5.74) is 2.19. The Morgan fingerprint density at radius 3 is 2.23 bits per heavy atom. The Labute approximate surface area is 168 Å². The highest BCUT2D eigenvalue weighted by Gasteiger charge is 2.48. The van der Waals surface area contributed by atoms with Gasteiger partial charge in [0.05, 0.1) is 5.92 Å². The average molecular weight is 407 g/mol. The monoisotopic (exact) mass is 405 g/mol. The minimum atomic E-state index is -0.118. The lowest BCUT2D eigenvalue weighted by Gasteiger charge is -2.38. The van der Waals surface area contributed by atoms with Gasteiger partial charge in [0.1, 0.15) is 0 Å². The number of nitrogens with one attached hydrogen (secondary N) is 1. The largest absolute Gasteiger partial charge is 0.353 e. The van der Waals surface area contributed by atoms with Gasteiger partial charge >= 0.3 is 0 Å². The van der Waals surface area contributed by atoms with Crippen molar-refractivity contribution >= 4 is 40.7 Å². The predicted octanol–water partition coefficient (Wildman–Crippen LogP) is 5.83. The Morgan fingerprint density at radius 1 is 0.885 bits per heavy atom. The van der Waals surface area contributed by atoms with Crippen molar-refractivity contribution in [2.45, 2.75) is 24.8 Å². The van der Waals surface area contributed by atoms with Crippen LogP contribution < -0.4 is 5.32 Å². The quantitative estimate of drug-likeness (QED) is 0.624. The maximum atomic E-state index is 12.4. The van der Waals surface area contributed by atoms with Crippen molar-refractivity contribution < 1.29 is 4.79 Å². The lowest BCUT2D eigenvalue weighted by molar-refractivity contribution is -0.121. The number of hydrogen-bond acceptors (Lipinski definition) is 1. The molecule has 1 aliphatic carbocycles. The first-order valence-corrected chi connectivity index (χ1v) is 9.78. The van der Waals surface area contributed by atoms with Crippen LogP contribution in [0.1, 0.15) is 29.9 Å². The van der Waals surface area contributed by atoms with Crippen LogP contribution in [0.2, 0.25) is 15.1 Å². The second-order valence-corrected chi connectivity index (χ2v) is 8.33. The van der Waals surface area contributed by atoms with Gasteiger partial charge in [-0.1, -0.05) is 65.2 Å². The van der Waals surface area contributed by atoms with Gasteiger partial charge in [0, 0.05) is 38.9 Å². The van der Waals surface area contributed by atoms with Crippen LogP contribution in [-0.4, -0.2) is 11.9 Å². The van der Waals surface area contributed by atoms with Gasteiger partial charge < -0.3 is 5.32 Å². The molecular weight excluding hydrogens is 389 g/mol. The van der Waals surface area contributed by atoms with E-state index in [9.17, 15) is 4.79 Å². The van der Waals surface area contributed by atoms with Crippen LogP contribution >= 0.6 is 34.8 Å². The highest BCUT2D eigenvalue weighted by atomic mass is 35.5. The summed E-state index contributed by atoms with van der Waals surface area (Å²) < 4.78 is 0. The molecular formula is C21H18Cl3NO. The van der Waals surface area contributed by atoms with Crippen molar-refractivity contribution in [2.75, 3.05) is 0 Å². The third-order valence-electron chi connectivity index (χ3n) is 5.57. The Hall–Kier alpha value is -1.48. The molecule has 2 aromatic carbocycles. The molecule has 2 nitrogen and oxygen atoms in total. The standard InChI is InChI=1S/C21H18Cl3NO/c1-11-19-17(21(26)25-11)9-8-16(15-7-6-14(23)10-18(15)24)20(19)12-2-4-13(22)5-3-12/h2-11,16-17,19-20H,1H3,(H,25,26)/t11-,16+,17+,19-,20+/m1/s1. The topological polar surface area (TPSA) is 29.1 Å². The van der Waals surface area contributed by atoms with Gasteiger partial charge in [0.15, 0.2) is 0 Å². The molecule has 4 rings (SSSR count). The van der Waals surface area contributed by atoms with Crippen LogP contribution in [0, 0.1) is 11.8 Å². The number of carbonyl (C=O) groups excluding carboxylic acids is 1. The van der Waals surface area contributed by atoms with Crippen LogP contribution in [0.3, 0.4) is 0 Å². The third kappa shape index (κ3) is 3.05. The van der Waals surface area contributed by atoms with Gasteiger partial charge in [-0.25, -0.2) is 0 Å². The summed E-state index contributed by atoms with van der Waals surface area (Å²) in [4.78, 5) is 12.4. The molecule has 0 unspecified atom stereocenters. The molecule has 5 heteroatoms. The molecule has 0 saturated carbocycles. The summed E-state index contributed by atoms with van der Waals surface area (Å²) in [5, 5.41) is 5.06. The van der Waals surface area contributed by atoms with Crippen molar-refractivity contribution in [1.29, 1.82) is 0 Å². The second-order valence-electron chi connectivity index (χ2n) is 7.05. The zero-order chi connectivity index (χ0) is 18.4. The molecule has 1 aliphatic heterocycles. The molecule has 0 spiro atoms. The van der Waals surface area contributed by atoms with E-state index in [4.69, 9.17) is 34.8 Å². The van der Waals surface area contributed by atoms with E-state index in [1.165, 1.54) is 0 Å². The molecule has 1 amide bonds. The fourth-order valence-electron chi connectivity index (χ4n) is 4.43. The molecule has 2 aromatic rings. The van der Waals surface area contributed by atoms with E-state index in [1.807, 2.05) is 30.3 Å².